The first kappa shape index (κ1) is 16.7. The van der Waals surface area contributed by atoms with E-state index in [-0.39, 0.29) is 18.2 Å². The van der Waals surface area contributed by atoms with Gasteiger partial charge in [-0.1, -0.05) is 37.3 Å². The molecule has 0 aromatic heterocycles. The molecule has 0 spiro atoms. The zero-order chi connectivity index (χ0) is 15.4. The van der Waals surface area contributed by atoms with Crippen molar-refractivity contribution in [1.82, 2.24) is 4.72 Å². The van der Waals surface area contributed by atoms with Gasteiger partial charge in [-0.2, -0.15) is 0 Å². The smallest absolute Gasteiger partial charge is 0.310 e. The van der Waals surface area contributed by atoms with Gasteiger partial charge >= 0.3 is 5.97 Å². The fourth-order valence-electron chi connectivity index (χ4n) is 1.63. The lowest BCUT2D eigenvalue weighted by Crippen LogP contribution is -2.40. The van der Waals surface area contributed by atoms with E-state index in [4.69, 9.17) is 5.11 Å². The van der Waals surface area contributed by atoms with Crippen LogP contribution in [0.2, 0.25) is 0 Å². The number of carboxylic acids is 1. The first-order valence-corrected chi connectivity index (χ1v) is 8.05. The number of carboxylic acid groups (broad SMARTS) is 1. The van der Waals surface area contributed by atoms with Gasteiger partial charge in [-0.25, -0.2) is 13.1 Å². The zero-order valence-electron chi connectivity index (χ0n) is 12.0. The Kier molecular flexibility index (Phi) is 5.30. The summed E-state index contributed by atoms with van der Waals surface area (Å²) in [6, 6.07) is 9.35. The summed E-state index contributed by atoms with van der Waals surface area (Å²) in [4.78, 5) is 10.9. The molecular weight excluding hydrogens is 278 g/mol. The fourth-order valence-corrected chi connectivity index (χ4v) is 3.18. The molecule has 1 atom stereocenters. The number of carbonyl (C=O) groups is 1. The molecule has 0 amide bonds. The summed E-state index contributed by atoms with van der Waals surface area (Å²) in [6.07, 6.45) is 0. The molecule has 0 aliphatic rings. The molecular formula is C14H21NO4S. The number of sulfonamides is 1. The molecule has 0 saturated carbocycles. The molecule has 112 valence electrons. The SMILES string of the molecule is CC(CS(=O)(=O)NCC(C)(C)C(=O)O)c1ccccc1. The van der Waals surface area contributed by atoms with E-state index in [9.17, 15) is 13.2 Å². The largest absolute Gasteiger partial charge is 0.481 e. The van der Waals surface area contributed by atoms with Crippen LogP contribution in [0.25, 0.3) is 0 Å². The highest BCUT2D eigenvalue weighted by molar-refractivity contribution is 7.89. The van der Waals surface area contributed by atoms with Crippen molar-refractivity contribution in [3.8, 4) is 0 Å². The molecule has 2 N–H and O–H groups in total. The molecule has 0 heterocycles. The minimum Gasteiger partial charge on any atom is -0.481 e. The standard InChI is InChI=1S/C14H21NO4S/c1-11(12-7-5-4-6-8-12)9-20(18,19)15-10-14(2,3)13(16)17/h4-8,11,15H,9-10H2,1-3H3,(H,16,17). The Bertz CT molecular complexity index is 552. The predicted octanol–water partition coefficient (Wildman–Crippen LogP) is 1.82. The predicted molar refractivity (Wildman–Crippen MR) is 78.1 cm³/mol. The summed E-state index contributed by atoms with van der Waals surface area (Å²) in [7, 11) is -3.51. The lowest BCUT2D eigenvalue weighted by molar-refractivity contribution is -0.146. The van der Waals surface area contributed by atoms with E-state index in [0.29, 0.717) is 0 Å². The highest BCUT2D eigenvalue weighted by atomic mass is 32.2. The Morgan fingerprint density at radius 2 is 1.85 bits per heavy atom. The molecule has 0 bridgehead atoms. The first-order valence-electron chi connectivity index (χ1n) is 6.40. The second-order valence-corrected chi connectivity index (χ2v) is 7.45. The minimum atomic E-state index is -3.51. The van der Waals surface area contributed by atoms with Crippen molar-refractivity contribution in [2.75, 3.05) is 12.3 Å². The molecule has 0 aliphatic carbocycles. The van der Waals surface area contributed by atoms with Crippen LogP contribution in [0.1, 0.15) is 32.3 Å². The molecule has 0 saturated heterocycles. The second kappa shape index (κ2) is 6.37. The molecule has 1 aromatic carbocycles. The summed E-state index contributed by atoms with van der Waals surface area (Å²) in [5, 5.41) is 8.96. The van der Waals surface area contributed by atoms with Crippen LogP contribution in [0.5, 0.6) is 0 Å². The quantitative estimate of drug-likeness (QED) is 0.804. The number of hydrogen-bond donors (Lipinski definition) is 2. The lowest BCUT2D eigenvalue weighted by atomic mass is 9.95. The van der Waals surface area contributed by atoms with Crippen molar-refractivity contribution in [2.24, 2.45) is 5.41 Å². The highest BCUT2D eigenvalue weighted by Gasteiger charge is 2.29. The van der Waals surface area contributed by atoms with Crippen LogP contribution in [0.3, 0.4) is 0 Å². The molecule has 20 heavy (non-hydrogen) atoms. The molecule has 1 unspecified atom stereocenters. The number of aliphatic carboxylic acids is 1. The average Bonchev–Trinajstić information content (AvgIpc) is 2.37. The van der Waals surface area contributed by atoms with Crippen LogP contribution >= 0.6 is 0 Å². The van der Waals surface area contributed by atoms with Gasteiger partial charge in [0.15, 0.2) is 0 Å². The molecule has 5 nitrogen and oxygen atoms in total. The van der Waals surface area contributed by atoms with Crippen molar-refractivity contribution >= 4 is 16.0 Å². The maximum atomic E-state index is 12.0. The van der Waals surface area contributed by atoms with E-state index in [1.54, 1.807) is 0 Å². The third kappa shape index (κ3) is 4.94. The van der Waals surface area contributed by atoms with Gasteiger partial charge in [-0.05, 0) is 25.3 Å². The van der Waals surface area contributed by atoms with Crippen LogP contribution < -0.4 is 4.72 Å². The zero-order valence-corrected chi connectivity index (χ0v) is 12.8. The molecule has 6 heteroatoms. The van der Waals surface area contributed by atoms with Gasteiger partial charge < -0.3 is 5.11 Å². The lowest BCUT2D eigenvalue weighted by Gasteiger charge is -2.20. The van der Waals surface area contributed by atoms with E-state index >= 15 is 0 Å². The van der Waals surface area contributed by atoms with Crippen LogP contribution in [-0.4, -0.2) is 31.8 Å². The second-order valence-electron chi connectivity index (χ2n) is 5.60. The van der Waals surface area contributed by atoms with E-state index in [1.807, 2.05) is 37.3 Å². The summed E-state index contributed by atoms with van der Waals surface area (Å²) >= 11 is 0. The fraction of sp³-hybridized carbons (Fsp3) is 0.500. The number of rotatable bonds is 7. The Morgan fingerprint density at radius 1 is 1.30 bits per heavy atom. The van der Waals surface area contributed by atoms with Gasteiger partial charge in [0.1, 0.15) is 0 Å². The maximum Gasteiger partial charge on any atom is 0.310 e. The molecule has 0 aliphatic heterocycles. The highest BCUT2D eigenvalue weighted by Crippen LogP contribution is 2.18. The van der Waals surface area contributed by atoms with Gasteiger partial charge in [0.2, 0.25) is 10.0 Å². The topological polar surface area (TPSA) is 83.5 Å². The summed E-state index contributed by atoms with van der Waals surface area (Å²) in [5.74, 6) is -1.25. The Morgan fingerprint density at radius 3 is 2.35 bits per heavy atom. The Labute approximate surface area is 120 Å². The summed E-state index contributed by atoms with van der Waals surface area (Å²) in [6.45, 7) is 4.68. The normalized spacial score (nSPS) is 13.9. The van der Waals surface area contributed by atoms with Gasteiger partial charge in [-0.15, -0.1) is 0 Å². The van der Waals surface area contributed by atoms with Crippen molar-refractivity contribution in [2.45, 2.75) is 26.7 Å². The van der Waals surface area contributed by atoms with Crippen molar-refractivity contribution in [3.63, 3.8) is 0 Å². The molecule has 0 radical (unpaired) electrons. The van der Waals surface area contributed by atoms with Crippen LogP contribution in [0.15, 0.2) is 30.3 Å². The monoisotopic (exact) mass is 299 g/mol. The maximum absolute atomic E-state index is 12.0. The number of hydrogen-bond acceptors (Lipinski definition) is 3. The van der Waals surface area contributed by atoms with E-state index in [0.717, 1.165) is 5.56 Å². The van der Waals surface area contributed by atoms with Crippen LogP contribution in [0.4, 0.5) is 0 Å². The summed E-state index contributed by atoms with van der Waals surface area (Å²) < 4.78 is 26.3. The Balaban J connectivity index is 2.65. The number of nitrogens with one attached hydrogen (secondary N) is 1. The average molecular weight is 299 g/mol. The Hall–Kier alpha value is -1.40. The van der Waals surface area contributed by atoms with Crippen molar-refractivity contribution < 1.29 is 18.3 Å². The van der Waals surface area contributed by atoms with E-state index in [2.05, 4.69) is 4.72 Å². The third-order valence-corrected chi connectivity index (χ3v) is 4.67. The van der Waals surface area contributed by atoms with E-state index < -0.39 is 21.4 Å². The van der Waals surface area contributed by atoms with Crippen LogP contribution in [-0.2, 0) is 14.8 Å². The van der Waals surface area contributed by atoms with Crippen LogP contribution in [0, 0.1) is 5.41 Å². The van der Waals surface area contributed by atoms with E-state index in [1.165, 1.54) is 13.8 Å². The summed E-state index contributed by atoms with van der Waals surface area (Å²) in [5.41, 5.74) is -0.182. The van der Waals surface area contributed by atoms with Gasteiger partial charge in [0.05, 0.1) is 11.2 Å². The molecule has 0 fully saturated rings. The van der Waals surface area contributed by atoms with Gasteiger partial charge in [0, 0.05) is 6.54 Å². The first-order chi connectivity index (χ1) is 9.14. The van der Waals surface area contributed by atoms with Crippen molar-refractivity contribution in [1.29, 1.82) is 0 Å². The number of benzene rings is 1. The third-order valence-electron chi connectivity index (χ3n) is 3.15. The van der Waals surface area contributed by atoms with Crippen molar-refractivity contribution in [3.05, 3.63) is 35.9 Å². The van der Waals surface area contributed by atoms with Gasteiger partial charge in [0.25, 0.3) is 0 Å². The molecule has 1 rings (SSSR count). The van der Waals surface area contributed by atoms with Gasteiger partial charge in [-0.3, -0.25) is 4.79 Å². The molecule has 1 aromatic rings. The minimum absolute atomic E-state index is 0.0628.